The molecule has 0 atom stereocenters. The second-order valence-corrected chi connectivity index (χ2v) is 4.89. The van der Waals surface area contributed by atoms with Crippen LogP contribution >= 0.6 is 0 Å². The summed E-state index contributed by atoms with van der Waals surface area (Å²) < 4.78 is 10.9. The Bertz CT molecular complexity index is 207. The number of hydrogen-bond donors (Lipinski definition) is 1. The number of rotatable bonds is 8. The first-order chi connectivity index (χ1) is 7.22. The third-order valence-electron chi connectivity index (χ3n) is 2.28. The maximum Gasteiger partial charge on any atom is 0.101 e. The van der Waals surface area contributed by atoms with Crippen LogP contribution in [-0.2, 0) is 9.47 Å². The largest absolute Gasteiger partial charge is 0.388 e. The van der Waals surface area contributed by atoms with Gasteiger partial charge in [0, 0.05) is 0 Å². The summed E-state index contributed by atoms with van der Waals surface area (Å²) in [5, 5.41) is 9.65. The van der Waals surface area contributed by atoms with Crippen LogP contribution in [0.25, 0.3) is 0 Å². The molecular formula is C13H24O3. The van der Waals surface area contributed by atoms with Gasteiger partial charge in [0.05, 0.1) is 24.4 Å². The van der Waals surface area contributed by atoms with Crippen molar-refractivity contribution < 1.29 is 14.6 Å². The molecular weight excluding hydrogens is 204 g/mol. The van der Waals surface area contributed by atoms with Gasteiger partial charge in [0.2, 0.25) is 0 Å². The number of hydrogen-bond acceptors (Lipinski definition) is 3. The lowest BCUT2D eigenvalue weighted by atomic mass is 10.1. The SMILES string of the molecule is C=CC(C)(C)OCC(O)COC(C)(C)C=C. The summed E-state index contributed by atoms with van der Waals surface area (Å²) >= 11 is 0. The summed E-state index contributed by atoms with van der Waals surface area (Å²) in [6, 6.07) is 0. The predicted molar refractivity (Wildman–Crippen MR) is 66.5 cm³/mol. The van der Waals surface area contributed by atoms with E-state index in [1.165, 1.54) is 0 Å². The predicted octanol–water partition coefficient (Wildman–Crippen LogP) is 2.31. The fourth-order valence-electron chi connectivity index (χ4n) is 0.788. The molecule has 0 fully saturated rings. The van der Waals surface area contributed by atoms with Crippen molar-refractivity contribution in [3.05, 3.63) is 25.3 Å². The van der Waals surface area contributed by atoms with Gasteiger partial charge in [-0.05, 0) is 27.7 Å². The average molecular weight is 228 g/mol. The van der Waals surface area contributed by atoms with E-state index in [4.69, 9.17) is 9.47 Å². The minimum atomic E-state index is -0.640. The van der Waals surface area contributed by atoms with Crippen LogP contribution in [0.1, 0.15) is 27.7 Å². The lowest BCUT2D eigenvalue weighted by Gasteiger charge is -2.25. The van der Waals surface area contributed by atoms with Crippen LogP contribution in [0.15, 0.2) is 25.3 Å². The Morgan fingerprint density at radius 3 is 1.56 bits per heavy atom. The van der Waals surface area contributed by atoms with Crippen LogP contribution in [0, 0.1) is 0 Å². The highest BCUT2D eigenvalue weighted by Crippen LogP contribution is 2.13. The molecule has 0 rings (SSSR count). The van der Waals surface area contributed by atoms with Gasteiger partial charge in [0.1, 0.15) is 6.10 Å². The van der Waals surface area contributed by atoms with E-state index in [2.05, 4.69) is 13.2 Å². The zero-order chi connectivity index (χ0) is 12.8. The van der Waals surface area contributed by atoms with Crippen molar-refractivity contribution in [3.8, 4) is 0 Å². The number of aliphatic hydroxyl groups excluding tert-OH is 1. The van der Waals surface area contributed by atoms with Gasteiger partial charge in [-0.3, -0.25) is 0 Å². The van der Waals surface area contributed by atoms with Gasteiger partial charge in [-0.1, -0.05) is 12.2 Å². The highest BCUT2D eigenvalue weighted by atomic mass is 16.5. The molecule has 0 heterocycles. The van der Waals surface area contributed by atoms with E-state index in [1.807, 2.05) is 27.7 Å². The summed E-state index contributed by atoms with van der Waals surface area (Å²) in [5.74, 6) is 0. The van der Waals surface area contributed by atoms with Gasteiger partial charge < -0.3 is 14.6 Å². The Balaban J connectivity index is 3.88. The minimum Gasteiger partial charge on any atom is -0.388 e. The maximum atomic E-state index is 9.65. The average Bonchev–Trinajstić information content (AvgIpc) is 2.24. The molecule has 3 heteroatoms. The summed E-state index contributed by atoms with van der Waals surface area (Å²) in [6.07, 6.45) is 2.76. The van der Waals surface area contributed by atoms with Gasteiger partial charge in [-0.2, -0.15) is 0 Å². The van der Waals surface area contributed by atoms with Crippen molar-refractivity contribution in [1.82, 2.24) is 0 Å². The van der Waals surface area contributed by atoms with Crippen molar-refractivity contribution in [2.45, 2.75) is 45.0 Å². The molecule has 0 bridgehead atoms. The van der Waals surface area contributed by atoms with Crippen molar-refractivity contribution in [2.24, 2.45) is 0 Å². The van der Waals surface area contributed by atoms with Crippen LogP contribution in [0.3, 0.4) is 0 Å². The molecule has 0 unspecified atom stereocenters. The molecule has 0 amide bonds. The number of aliphatic hydroxyl groups is 1. The molecule has 0 spiro atoms. The van der Waals surface area contributed by atoms with Crippen LogP contribution in [-0.4, -0.2) is 35.6 Å². The van der Waals surface area contributed by atoms with Gasteiger partial charge in [0.15, 0.2) is 0 Å². The topological polar surface area (TPSA) is 38.7 Å². The Morgan fingerprint density at radius 1 is 1.00 bits per heavy atom. The van der Waals surface area contributed by atoms with Crippen molar-refractivity contribution in [1.29, 1.82) is 0 Å². The first kappa shape index (κ1) is 15.4. The lowest BCUT2D eigenvalue weighted by molar-refractivity contribution is -0.0832. The second kappa shape index (κ2) is 6.18. The molecule has 3 nitrogen and oxygen atoms in total. The molecule has 0 radical (unpaired) electrons. The fraction of sp³-hybridized carbons (Fsp3) is 0.692. The molecule has 0 aliphatic carbocycles. The smallest absolute Gasteiger partial charge is 0.101 e. The highest BCUT2D eigenvalue weighted by molar-refractivity contribution is 4.90. The maximum absolute atomic E-state index is 9.65. The summed E-state index contributed by atoms with van der Waals surface area (Å²) in [7, 11) is 0. The molecule has 0 aromatic heterocycles. The van der Waals surface area contributed by atoms with E-state index in [0.717, 1.165) is 0 Å². The zero-order valence-electron chi connectivity index (χ0n) is 10.8. The quantitative estimate of drug-likeness (QED) is 0.648. The van der Waals surface area contributed by atoms with Crippen molar-refractivity contribution in [3.63, 3.8) is 0 Å². The Labute approximate surface area is 98.8 Å². The fourth-order valence-corrected chi connectivity index (χ4v) is 0.788. The Kier molecular flexibility index (Phi) is 5.94. The van der Waals surface area contributed by atoms with E-state index in [0.29, 0.717) is 0 Å². The third kappa shape index (κ3) is 6.77. The molecule has 0 saturated heterocycles. The lowest BCUT2D eigenvalue weighted by Crippen LogP contribution is -2.33. The molecule has 94 valence electrons. The van der Waals surface area contributed by atoms with Crippen molar-refractivity contribution in [2.75, 3.05) is 13.2 Å². The van der Waals surface area contributed by atoms with Crippen LogP contribution < -0.4 is 0 Å². The molecule has 0 saturated carbocycles. The van der Waals surface area contributed by atoms with Gasteiger partial charge in [-0.15, -0.1) is 13.2 Å². The zero-order valence-corrected chi connectivity index (χ0v) is 10.8. The van der Waals surface area contributed by atoms with E-state index in [9.17, 15) is 5.11 Å². The van der Waals surface area contributed by atoms with Gasteiger partial charge in [0.25, 0.3) is 0 Å². The molecule has 0 aromatic rings. The van der Waals surface area contributed by atoms with Crippen LogP contribution in [0.5, 0.6) is 0 Å². The monoisotopic (exact) mass is 228 g/mol. The first-order valence-electron chi connectivity index (χ1n) is 5.45. The molecule has 1 N–H and O–H groups in total. The van der Waals surface area contributed by atoms with E-state index < -0.39 is 17.3 Å². The van der Waals surface area contributed by atoms with E-state index in [1.54, 1.807) is 12.2 Å². The summed E-state index contributed by atoms with van der Waals surface area (Å²) in [4.78, 5) is 0. The summed E-state index contributed by atoms with van der Waals surface area (Å²) in [5.41, 5.74) is -0.843. The Morgan fingerprint density at radius 2 is 1.31 bits per heavy atom. The minimum absolute atomic E-state index is 0.228. The molecule has 16 heavy (non-hydrogen) atoms. The number of ether oxygens (including phenoxy) is 2. The first-order valence-corrected chi connectivity index (χ1v) is 5.45. The molecule has 0 aromatic carbocycles. The van der Waals surface area contributed by atoms with Crippen LogP contribution in [0.4, 0.5) is 0 Å². The van der Waals surface area contributed by atoms with Crippen molar-refractivity contribution >= 4 is 0 Å². The van der Waals surface area contributed by atoms with E-state index >= 15 is 0 Å². The second-order valence-electron chi connectivity index (χ2n) is 4.89. The van der Waals surface area contributed by atoms with Crippen LogP contribution in [0.2, 0.25) is 0 Å². The third-order valence-corrected chi connectivity index (χ3v) is 2.28. The normalized spacial score (nSPS) is 12.9. The summed E-state index contributed by atoms with van der Waals surface area (Å²) in [6.45, 7) is 15.3. The molecule has 0 aliphatic rings. The van der Waals surface area contributed by atoms with Gasteiger partial charge >= 0.3 is 0 Å². The standard InChI is InChI=1S/C13H24O3/c1-7-12(3,4)15-9-11(14)10-16-13(5,6)8-2/h7-8,11,14H,1-2,9-10H2,3-6H3. The van der Waals surface area contributed by atoms with Gasteiger partial charge in [-0.25, -0.2) is 0 Å². The molecule has 0 aliphatic heterocycles. The van der Waals surface area contributed by atoms with E-state index in [-0.39, 0.29) is 13.2 Å². The Hall–Kier alpha value is -0.640. The highest BCUT2D eigenvalue weighted by Gasteiger charge is 2.18.